The lowest BCUT2D eigenvalue weighted by atomic mass is 10.2. The first kappa shape index (κ1) is 18.7. The zero-order chi connectivity index (χ0) is 20.5. The Bertz CT molecular complexity index is 1380. The van der Waals surface area contributed by atoms with Gasteiger partial charge in [0.15, 0.2) is 5.16 Å². The van der Waals surface area contributed by atoms with Crippen molar-refractivity contribution in [1.82, 2.24) is 19.7 Å². The van der Waals surface area contributed by atoms with Crippen molar-refractivity contribution in [3.8, 4) is 17.1 Å². The standard InChI is InChI=1S/C21H13FN4O2S2/c22-14-6-8-15(9-7-14)26-20(27)18-16(10-11-29-18)23-21(26)30-12-17-24-19(25-28-17)13-4-2-1-3-5-13/h1-11H,12H2. The van der Waals surface area contributed by atoms with Gasteiger partial charge in [0.25, 0.3) is 5.56 Å². The molecule has 2 aromatic carbocycles. The van der Waals surface area contributed by atoms with Crippen molar-refractivity contribution < 1.29 is 8.91 Å². The number of thiophene rings is 1. The molecule has 0 aliphatic rings. The number of thioether (sulfide) groups is 1. The maximum Gasteiger partial charge on any atom is 0.276 e. The molecule has 0 N–H and O–H groups in total. The highest BCUT2D eigenvalue weighted by Gasteiger charge is 2.16. The summed E-state index contributed by atoms with van der Waals surface area (Å²) in [5, 5.41) is 6.32. The van der Waals surface area contributed by atoms with Crippen LogP contribution >= 0.6 is 23.1 Å². The molecule has 0 radical (unpaired) electrons. The van der Waals surface area contributed by atoms with E-state index in [0.717, 1.165) is 5.56 Å². The molecule has 148 valence electrons. The topological polar surface area (TPSA) is 73.8 Å². The van der Waals surface area contributed by atoms with Crippen molar-refractivity contribution in [3.63, 3.8) is 0 Å². The van der Waals surface area contributed by atoms with E-state index in [2.05, 4.69) is 15.1 Å². The van der Waals surface area contributed by atoms with Gasteiger partial charge in [-0.15, -0.1) is 11.3 Å². The van der Waals surface area contributed by atoms with Crippen LogP contribution in [0, 0.1) is 5.82 Å². The maximum atomic E-state index is 13.4. The molecule has 9 heteroatoms. The molecule has 0 saturated carbocycles. The smallest absolute Gasteiger partial charge is 0.276 e. The second kappa shape index (κ2) is 7.85. The Morgan fingerprint density at radius 3 is 2.63 bits per heavy atom. The summed E-state index contributed by atoms with van der Waals surface area (Å²) < 4.78 is 20.8. The van der Waals surface area contributed by atoms with Gasteiger partial charge in [0.2, 0.25) is 11.7 Å². The van der Waals surface area contributed by atoms with Crippen molar-refractivity contribution >= 4 is 33.3 Å². The zero-order valence-electron chi connectivity index (χ0n) is 15.4. The molecular formula is C21H13FN4O2S2. The van der Waals surface area contributed by atoms with Crippen molar-refractivity contribution in [1.29, 1.82) is 0 Å². The Hall–Kier alpha value is -3.30. The van der Waals surface area contributed by atoms with Crippen LogP contribution in [0.25, 0.3) is 27.3 Å². The van der Waals surface area contributed by atoms with Crippen LogP contribution in [0.3, 0.4) is 0 Å². The summed E-state index contributed by atoms with van der Waals surface area (Å²) in [6.07, 6.45) is 0. The van der Waals surface area contributed by atoms with E-state index in [4.69, 9.17) is 4.52 Å². The number of halogens is 1. The zero-order valence-corrected chi connectivity index (χ0v) is 17.0. The van der Waals surface area contributed by atoms with Crippen LogP contribution in [0.4, 0.5) is 4.39 Å². The number of rotatable bonds is 5. The van der Waals surface area contributed by atoms with E-state index >= 15 is 0 Å². The maximum absolute atomic E-state index is 13.4. The van der Waals surface area contributed by atoms with Crippen LogP contribution in [-0.4, -0.2) is 19.7 Å². The van der Waals surface area contributed by atoms with Gasteiger partial charge < -0.3 is 4.52 Å². The predicted octanol–water partition coefficient (Wildman–Crippen LogP) is 4.93. The van der Waals surface area contributed by atoms with E-state index in [1.54, 1.807) is 18.2 Å². The molecule has 0 fully saturated rings. The molecule has 0 atom stereocenters. The summed E-state index contributed by atoms with van der Waals surface area (Å²) in [4.78, 5) is 22.1. The molecule has 0 saturated heterocycles. The fourth-order valence-electron chi connectivity index (χ4n) is 2.95. The van der Waals surface area contributed by atoms with Crippen LogP contribution in [0.5, 0.6) is 0 Å². The molecule has 0 spiro atoms. The summed E-state index contributed by atoms with van der Waals surface area (Å²) in [5.74, 6) is 0.890. The normalized spacial score (nSPS) is 11.2. The second-order valence-corrected chi connectivity index (χ2v) is 8.17. The van der Waals surface area contributed by atoms with Gasteiger partial charge in [-0.1, -0.05) is 47.3 Å². The van der Waals surface area contributed by atoms with Crippen LogP contribution in [0.15, 0.2) is 80.5 Å². The highest BCUT2D eigenvalue weighted by atomic mass is 32.2. The van der Waals surface area contributed by atoms with Gasteiger partial charge in [0.05, 0.1) is 17.0 Å². The largest absolute Gasteiger partial charge is 0.338 e. The monoisotopic (exact) mass is 436 g/mol. The van der Waals surface area contributed by atoms with Crippen LogP contribution in [-0.2, 0) is 5.75 Å². The third kappa shape index (κ3) is 3.53. The number of hydrogen-bond donors (Lipinski definition) is 0. The highest BCUT2D eigenvalue weighted by Crippen LogP contribution is 2.26. The van der Waals surface area contributed by atoms with Gasteiger partial charge in [-0.25, -0.2) is 9.37 Å². The molecular weight excluding hydrogens is 423 g/mol. The SMILES string of the molecule is O=c1c2sccc2nc(SCc2nc(-c3ccccc3)no2)n1-c1ccc(F)cc1. The average Bonchev–Trinajstić information content (AvgIpc) is 3.44. The summed E-state index contributed by atoms with van der Waals surface area (Å²) in [5.41, 5.74) is 1.83. The van der Waals surface area contributed by atoms with Gasteiger partial charge in [0, 0.05) is 5.56 Å². The minimum atomic E-state index is -0.370. The van der Waals surface area contributed by atoms with Crippen molar-refractivity contribution in [2.75, 3.05) is 0 Å². The quantitative estimate of drug-likeness (QED) is 0.287. The molecule has 30 heavy (non-hydrogen) atoms. The predicted molar refractivity (Wildman–Crippen MR) is 114 cm³/mol. The molecule has 3 heterocycles. The highest BCUT2D eigenvalue weighted by molar-refractivity contribution is 7.98. The van der Waals surface area contributed by atoms with Crippen molar-refractivity contribution in [3.05, 3.63) is 88.1 Å². The Balaban J connectivity index is 1.50. The molecule has 3 aromatic heterocycles. The Kier molecular flexibility index (Phi) is 4.89. The summed E-state index contributed by atoms with van der Waals surface area (Å²) >= 11 is 2.64. The van der Waals surface area contributed by atoms with E-state index in [1.165, 1.54) is 39.8 Å². The van der Waals surface area contributed by atoms with E-state index in [0.29, 0.717) is 38.5 Å². The average molecular weight is 436 g/mol. The Morgan fingerprint density at radius 1 is 1.03 bits per heavy atom. The minimum absolute atomic E-state index is 0.195. The second-order valence-electron chi connectivity index (χ2n) is 6.31. The summed E-state index contributed by atoms with van der Waals surface area (Å²) in [6.45, 7) is 0. The summed E-state index contributed by atoms with van der Waals surface area (Å²) in [6, 6.07) is 17.1. The number of fused-ring (bicyclic) bond motifs is 1. The lowest BCUT2D eigenvalue weighted by molar-refractivity contribution is 0.391. The fraction of sp³-hybridized carbons (Fsp3) is 0.0476. The Morgan fingerprint density at radius 2 is 1.83 bits per heavy atom. The van der Waals surface area contributed by atoms with E-state index in [1.807, 2.05) is 35.7 Å². The van der Waals surface area contributed by atoms with Crippen molar-refractivity contribution in [2.24, 2.45) is 0 Å². The van der Waals surface area contributed by atoms with Gasteiger partial charge >= 0.3 is 0 Å². The number of aromatic nitrogens is 4. The van der Waals surface area contributed by atoms with Gasteiger partial charge in [-0.05, 0) is 35.7 Å². The molecule has 6 nitrogen and oxygen atoms in total. The van der Waals surface area contributed by atoms with E-state index < -0.39 is 0 Å². The first-order valence-corrected chi connectivity index (χ1v) is 10.8. The molecule has 0 aliphatic heterocycles. The molecule has 5 rings (SSSR count). The van der Waals surface area contributed by atoms with E-state index in [9.17, 15) is 9.18 Å². The number of hydrogen-bond acceptors (Lipinski definition) is 7. The van der Waals surface area contributed by atoms with Crippen LogP contribution < -0.4 is 5.56 Å². The van der Waals surface area contributed by atoms with E-state index in [-0.39, 0.29) is 11.4 Å². The van der Waals surface area contributed by atoms with Gasteiger partial charge in [-0.2, -0.15) is 4.98 Å². The van der Waals surface area contributed by atoms with Crippen LogP contribution in [0.2, 0.25) is 0 Å². The lowest BCUT2D eigenvalue weighted by Crippen LogP contribution is -2.20. The number of nitrogens with zero attached hydrogens (tertiary/aromatic N) is 4. The summed E-state index contributed by atoms with van der Waals surface area (Å²) in [7, 11) is 0. The lowest BCUT2D eigenvalue weighted by Gasteiger charge is -2.11. The first-order chi connectivity index (χ1) is 14.7. The third-order valence-electron chi connectivity index (χ3n) is 4.36. The minimum Gasteiger partial charge on any atom is -0.338 e. The molecule has 0 bridgehead atoms. The first-order valence-electron chi connectivity index (χ1n) is 8.96. The molecule has 0 amide bonds. The molecule has 0 unspecified atom stereocenters. The molecule has 0 aliphatic carbocycles. The molecule has 5 aromatic rings. The Labute approximate surface area is 178 Å². The fourth-order valence-corrected chi connectivity index (χ4v) is 4.56. The van der Waals surface area contributed by atoms with Crippen molar-refractivity contribution in [2.45, 2.75) is 10.9 Å². The van der Waals surface area contributed by atoms with Gasteiger partial charge in [0.1, 0.15) is 10.5 Å². The van der Waals surface area contributed by atoms with Crippen LogP contribution in [0.1, 0.15) is 5.89 Å². The van der Waals surface area contributed by atoms with Gasteiger partial charge in [-0.3, -0.25) is 9.36 Å². The third-order valence-corrected chi connectivity index (χ3v) is 6.17. The number of benzene rings is 2.